The Labute approximate surface area is 92.7 Å². The summed E-state index contributed by atoms with van der Waals surface area (Å²) in [6.07, 6.45) is 2.22. The van der Waals surface area contributed by atoms with Gasteiger partial charge in [0.1, 0.15) is 17.1 Å². The van der Waals surface area contributed by atoms with Crippen molar-refractivity contribution in [3.05, 3.63) is 36.2 Å². The first-order valence-electron chi connectivity index (χ1n) is 4.95. The smallest absolute Gasteiger partial charge is 0.171 e. The second-order valence-electron chi connectivity index (χ2n) is 3.11. The second kappa shape index (κ2) is 4.57. The van der Waals surface area contributed by atoms with Gasteiger partial charge >= 0.3 is 0 Å². The van der Waals surface area contributed by atoms with Crippen LogP contribution in [0.5, 0.6) is 5.75 Å². The molecule has 5 nitrogen and oxygen atoms in total. The molecular weight excluding hydrogens is 206 g/mol. The standard InChI is InChI=1S/C11H11N3O2/c1-2-16-11-6-4-3-5-10(11)14-7-9(8-15)12-13-14/h3-8H,2H2,1H3. The summed E-state index contributed by atoms with van der Waals surface area (Å²) in [6, 6.07) is 7.46. The number of para-hydroxylation sites is 2. The predicted molar refractivity (Wildman–Crippen MR) is 57.9 cm³/mol. The molecule has 0 radical (unpaired) electrons. The molecule has 0 aliphatic carbocycles. The minimum atomic E-state index is 0.298. The molecule has 0 amide bonds. The number of benzene rings is 1. The molecule has 1 heterocycles. The van der Waals surface area contributed by atoms with Crippen LogP contribution in [0.3, 0.4) is 0 Å². The van der Waals surface area contributed by atoms with Crippen molar-refractivity contribution < 1.29 is 9.53 Å². The zero-order valence-electron chi connectivity index (χ0n) is 8.83. The number of ether oxygens (including phenoxy) is 1. The average molecular weight is 217 g/mol. The average Bonchev–Trinajstić information content (AvgIpc) is 2.79. The maximum atomic E-state index is 10.5. The Morgan fingerprint density at radius 2 is 2.25 bits per heavy atom. The molecule has 1 aromatic heterocycles. The van der Waals surface area contributed by atoms with Gasteiger partial charge in [-0.05, 0) is 19.1 Å². The molecule has 0 fully saturated rings. The lowest BCUT2D eigenvalue weighted by molar-refractivity contribution is 0.111. The fraction of sp³-hybridized carbons (Fsp3) is 0.182. The number of aromatic nitrogens is 3. The van der Waals surface area contributed by atoms with E-state index in [9.17, 15) is 4.79 Å². The minimum Gasteiger partial charge on any atom is -0.492 e. The van der Waals surface area contributed by atoms with Gasteiger partial charge in [-0.15, -0.1) is 5.10 Å². The molecule has 2 rings (SSSR count). The Morgan fingerprint density at radius 1 is 1.44 bits per heavy atom. The number of carbonyl (C=O) groups excluding carboxylic acids is 1. The monoisotopic (exact) mass is 217 g/mol. The van der Waals surface area contributed by atoms with Gasteiger partial charge in [-0.1, -0.05) is 17.3 Å². The quantitative estimate of drug-likeness (QED) is 0.728. The highest BCUT2D eigenvalue weighted by Gasteiger charge is 2.07. The Balaban J connectivity index is 2.42. The summed E-state index contributed by atoms with van der Waals surface area (Å²) in [5, 5.41) is 7.56. The highest BCUT2D eigenvalue weighted by Crippen LogP contribution is 2.21. The van der Waals surface area contributed by atoms with Crippen LogP contribution in [-0.4, -0.2) is 27.9 Å². The van der Waals surface area contributed by atoms with E-state index < -0.39 is 0 Å². The maximum Gasteiger partial charge on any atom is 0.171 e. The van der Waals surface area contributed by atoms with Crippen molar-refractivity contribution in [2.24, 2.45) is 0 Å². The lowest BCUT2D eigenvalue weighted by Crippen LogP contribution is -2.00. The van der Waals surface area contributed by atoms with Crippen LogP contribution in [0.2, 0.25) is 0 Å². The van der Waals surface area contributed by atoms with Crippen LogP contribution in [0.1, 0.15) is 17.4 Å². The van der Waals surface area contributed by atoms with E-state index in [-0.39, 0.29) is 0 Å². The Morgan fingerprint density at radius 3 is 2.94 bits per heavy atom. The van der Waals surface area contributed by atoms with Gasteiger partial charge in [-0.2, -0.15) is 0 Å². The van der Waals surface area contributed by atoms with Gasteiger partial charge in [0.25, 0.3) is 0 Å². The predicted octanol–water partition coefficient (Wildman–Crippen LogP) is 1.48. The van der Waals surface area contributed by atoms with Crippen LogP contribution in [-0.2, 0) is 0 Å². The van der Waals surface area contributed by atoms with Crippen LogP contribution in [0.15, 0.2) is 30.5 Å². The van der Waals surface area contributed by atoms with Crippen molar-refractivity contribution in [3.8, 4) is 11.4 Å². The SMILES string of the molecule is CCOc1ccccc1-n1cc(C=O)nn1. The molecule has 0 saturated heterocycles. The van der Waals surface area contributed by atoms with E-state index in [4.69, 9.17) is 4.74 Å². The normalized spacial score (nSPS) is 10.1. The van der Waals surface area contributed by atoms with Crippen LogP contribution in [0, 0.1) is 0 Å². The lowest BCUT2D eigenvalue weighted by atomic mass is 10.3. The lowest BCUT2D eigenvalue weighted by Gasteiger charge is -2.08. The molecular formula is C11H11N3O2. The molecule has 0 N–H and O–H groups in total. The molecule has 0 unspecified atom stereocenters. The van der Waals surface area contributed by atoms with Gasteiger partial charge in [0.15, 0.2) is 6.29 Å². The zero-order chi connectivity index (χ0) is 11.4. The third-order valence-corrected chi connectivity index (χ3v) is 2.04. The van der Waals surface area contributed by atoms with E-state index in [2.05, 4.69) is 10.3 Å². The van der Waals surface area contributed by atoms with Gasteiger partial charge in [-0.25, -0.2) is 4.68 Å². The molecule has 0 atom stereocenters. The first kappa shape index (κ1) is 10.4. The zero-order valence-corrected chi connectivity index (χ0v) is 8.83. The van der Waals surface area contributed by atoms with Gasteiger partial charge in [0, 0.05) is 0 Å². The molecule has 2 aromatic rings. The molecule has 0 spiro atoms. The van der Waals surface area contributed by atoms with E-state index in [1.807, 2.05) is 31.2 Å². The second-order valence-corrected chi connectivity index (χ2v) is 3.11. The maximum absolute atomic E-state index is 10.5. The molecule has 16 heavy (non-hydrogen) atoms. The summed E-state index contributed by atoms with van der Waals surface area (Å²) < 4.78 is 6.98. The molecule has 0 aliphatic rings. The number of rotatable bonds is 4. The first-order valence-corrected chi connectivity index (χ1v) is 4.95. The van der Waals surface area contributed by atoms with Gasteiger partial charge < -0.3 is 4.74 Å². The molecule has 5 heteroatoms. The Bertz CT molecular complexity index is 493. The highest BCUT2D eigenvalue weighted by atomic mass is 16.5. The van der Waals surface area contributed by atoms with Crippen molar-refractivity contribution in [1.29, 1.82) is 0 Å². The van der Waals surface area contributed by atoms with E-state index in [1.165, 1.54) is 4.68 Å². The number of hydrogen-bond donors (Lipinski definition) is 0. The molecule has 1 aromatic carbocycles. The topological polar surface area (TPSA) is 57.0 Å². The van der Waals surface area contributed by atoms with Gasteiger partial charge in [0.05, 0.1) is 12.8 Å². The number of nitrogens with zero attached hydrogens (tertiary/aromatic N) is 3. The summed E-state index contributed by atoms with van der Waals surface area (Å²) >= 11 is 0. The molecule has 0 saturated carbocycles. The first-order chi connectivity index (χ1) is 7.85. The van der Waals surface area contributed by atoms with Crippen molar-refractivity contribution >= 4 is 6.29 Å². The van der Waals surface area contributed by atoms with Crippen molar-refractivity contribution in [2.45, 2.75) is 6.92 Å². The third-order valence-electron chi connectivity index (χ3n) is 2.04. The van der Waals surface area contributed by atoms with E-state index in [0.29, 0.717) is 24.3 Å². The number of hydrogen-bond acceptors (Lipinski definition) is 4. The molecule has 82 valence electrons. The molecule has 0 bridgehead atoms. The van der Waals surface area contributed by atoms with Gasteiger partial charge in [-0.3, -0.25) is 4.79 Å². The summed E-state index contributed by atoms with van der Waals surface area (Å²) in [4.78, 5) is 10.5. The minimum absolute atomic E-state index is 0.298. The van der Waals surface area contributed by atoms with Crippen LogP contribution in [0.25, 0.3) is 5.69 Å². The molecule has 0 aliphatic heterocycles. The summed E-state index contributed by atoms with van der Waals surface area (Å²) in [5.41, 5.74) is 1.07. The van der Waals surface area contributed by atoms with Crippen LogP contribution in [0.4, 0.5) is 0 Å². The summed E-state index contributed by atoms with van der Waals surface area (Å²) in [7, 11) is 0. The third kappa shape index (κ3) is 1.93. The Kier molecular flexibility index (Phi) is 2.95. The largest absolute Gasteiger partial charge is 0.492 e. The van der Waals surface area contributed by atoms with E-state index in [0.717, 1.165) is 5.69 Å². The Hall–Kier alpha value is -2.17. The van der Waals surface area contributed by atoms with Crippen molar-refractivity contribution in [2.75, 3.05) is 6.61 Å². The fourth-order valence-electron chi connectivity index (χ4n) is 1.37. The fourth-order valence-corrected chi connectivity index (χ4v) is 1.37. The van der Waals surface area contributed by atoms with Crippen LogP contribution < -0.4 is 4.74 Å². The number of carbonyl (C=O) groups is 1. The summed E-state index contributed by atoms with van der Waals surface area (Å²) in [5.74, 6) is 0.715. The van der Waals surface area contributed by atoms with Crippen LogP contribution >= 0.6 is 0 Å². The van der Waals surface area contributed by atoms with Crippen molar-refractivity contribution in [3.63, 3.8) is 0 Å². The van der Waals surface area contributed by atoms with E-state index >= 15 is 0 Å². The van der Waals surface area contributed by atoms with E-state index in [1.54, 1.807) is 6.20 Å². The summed E-state index contributed by atoms with van der Waals surface area (Å²) in [6.45, 7) is 2.49. The van der Waals surface area contributed by atoms with Crippen molar-refractivity contribution in [1.82, 2.24) is 15.0 Å². The highest BCUT2D eigenvalue weighted by molar-refractivity contribution is 5.71. The van der Waals surface area contributed by atoms with Gasteiger partial charge in [0.2, 0.25) is 0 Å². The number of aldehydes is 1.